The van der Waals surface area contributed by atoms with E-state index in [1.807, 2.05) is 0 Å². The summed E-state index contributed by atoms with van der Waals surface area (Å²) in [6.07, 6.45) is -2.80. The number of halogens is 5. The van der Waals surface area contributed by atoms with Crippen molar-refractivity contribution in [2.75, 3.05) is 23.9 Å². The second kappa shape index (κ2) is 5.91. The lowest BCUT2D eigenvalue weighted by Gasteiger charge is -2.25. The maximum Gasteiger partial charge on any atom is 0.405 e. The highest BCUT2D eigenvalue weighted by molar-refractivity contribution is 9.10. The van der Waals surface area contributed by atoms with E-state index in [4.69, 9.17) is 11.6 Å². The predicted octanol–water partition coefficient (Wildman–Crippen LogP) is 3.76. The third-order valence-corrected chi connectivity index (χ3v) is 2.64. The number of aromatic nitrogens is 1. The van der Waals surface area contributed by atoms with E-state index in [-0.39, 0.29) is 12.4 Å². The SMILES string of the molecule is Cc1cc(Br)cnc1N(CCCl)CC(F)(F)F. The van der Waals surface area contributed by atoms with Crippen molar-refractivity contribution in [1.29, 1.82) is 0 Å². The summed E-state index contributed by atoms with van der Waals surface area (Å²) in [5, 5.41) is 0. The van der Waals surface area contributed by atoms with Gasteiger partial charge in [0.1, 0.15) is 12.4 Å². The fourth-order valence-corrected chi connectivity index (χ4v) is 2.09. The molecule has 1 aromatic heterocycles. The number of nitrogens with zero attached hydrogens (tertiary/aromatic N) is 2. The lowest BCUT2D eigenvalue weighted by Crippen LogP contribution is -2.36. The zero-order valence-electron chi connectivity index (χ0n) is 9.06. The molecule has 17 heavy (non-hydrogen) atoms. The molecule has 0 saturated carbocycles. The molecule has 0 aliphatic carbocycles. The number of pyridine rings is 1. The summed E-state index contributed by atoms with van der Waals surface area (Å²) in [4.78, 5) is 5.14. The van der Waals surface area contributed by atoms with E-state index in [9.17, 15) is 13.2 Å². The van der Waals surface area contributed by atoms with Gasteiger partial charge in [-0.15, -0.1) is 11.6 Å². The van der Waals surface area contributed by atoms with Gasteiger partial charge in [-0.1, -0.05) is 0 Å². The summed E-state index contributed by atoms with van der Waals surface area (Å²) in [5.74, 6) is 0.430. The van der Waals surface area contributed by atoms with Gasteiger partial charge in [-0.3, -0.25) is 0 Å². The van der Waals surface area contributed by atoms with Crippen molar-refractivity contribution in [2.24, 2.45) is 0 Å². The summed E-state index contributed by atoms with van der Waals surface area (Å²) in [5.41, 5.74) is 0.675. The number of rotatable bonds is 4. The second-order valence-electron chi connectivity index (χ2n) is 3.52. The first kappa shape index (κ1) is 14.6. The van der Waals surface area contributed by atoms with E-state index in [0.717, 1.165) is 9.37 Å². The molecule has 7 heteroatoms. The van der Waals surface area contributed by atoms with E-state index < -0.39 is 12.7 Å². The molecule has 0 N–H and O–H groups in total. The zero-order valence-corrected chi connectivity index (χ0v) is 11.4. The van der Waals surface area contributed by atoms with E-state index in [0.29, 0.717) is 11.4 Å². The maximum absolute atomic E-state index is 12.4. The molecule has 2 nitrogen and oxygen atoms in total. The van der Waals surface area contributed by atoms with Gasteiger partial charge in [0.25, 0.3) is 0 Å². The van der Waals surface area contributed by atoms with Crippen LogP contribution in [0.4, 0.5) is 19.0 Å². The van der Waals surface area contributed by atoms with Crippen LogP contribution < -0.4 is 4.90 Å². The van der Waals surface area contributed by atoms with Crippen molar-refractivity contribution < 1.29 is 13.2 Å². The first-order chi connectivity index (χ1) is 7.83. The third kappa shape index (κ3) is 4.71. The molecular formula is C10H11BrClF3N2. The second-order valence-corrected chi connectivity index (χ2v) is 4.81. The monoisotopic (exact) mass is 330 g/mol. The molecule has 96 valence electrons. The normalized spacial score (nSPS) is 11.6. The molecule has 0 aliphatic rings. The molecule has 0 saturated heterocycles. The smallest absolute Gasteiger partial charge is 0.346 e. The Bertz CT molecular complexity index is 384. The summed E-state index contributed by atoms with van der Waals surface area (Å²) in [7, 11) is 0. The molecule has 0 amide bonds. The molecule has 1 rings (SSSR count). The van der Waals surface area contributed by atoms with Crippen molar-refractivity contribution in [3.8, 4) is 0 Å². The summed E-state index contributed by atoms with van der Waals surface area (Å²) in [6, 6.07) is 1.72. The Morgan fingerprint density at radius 3 is 2.59 bits per heavy atom. The van der Waals surface area contributed by atoms with Gasteiger partial charge >= 0.3 is 6.18 Å². The Labute approximate surface area is 111 Å². The first-order valence-corrected chi connectivity index (χ1v) is 6.16. The van der Waals surface area contributed by atoms with Crippen LogP contribution in [0.25, 0.3) is 0 Å². The summed E-state index contributed by atoms with van der Waals surface area (Å²) >= 11 is 8.73. The average molecular weight is 332 g/mol. The van der Waals surface area contributed by atoms with Gasteiger partial charge in [-0.2, -0.15) is 13.2 Å². The lowest BCUT2D eigenvalue weighted by atomic mass is 10.2. The molecule has 0 aromatic carbocycles. The van der Waals surface area contributed by atoms with Crippen molar-refractivity contribution in [2.45, 2.75) is 13.1 Å². The topological polar surface area (TPSA) is 16.1 Å². The highest BCUT2D eigenvalue weighted by atomic mass is 79.9. The molecule has 1 aromatic rings. The Morgan fingerprint density at radius 2 is 2.12 bits per heavy atom. The van der Waals surface area contributed by atoms with Crippen molar-refractivity contribution in [3.05, 3.63) is 22.3 Å². The van der Waals surface area contributed by atoms with Crippen LogP contribution in [0.5, 0.6) is 0 Å². The minimum atomic E-state index is -4.27. The van der Waals surface area contributed by atoms with Crippen LogP contribution in [0.1, 0.15) is 5.56 Å². The molecule has 0 spiro atoms. The Hall–Kier alpha value is -0.490. The Balaban J connectivity index is 2.97. The molecule has 0 aliphatic heterocycles. The van der Waals surface area contributed by atoms with Crippen LogP contribution in [-0.2, 0) is 0 Å². The Kier molecular flexibility index (Phi) is 5.06. The van der Waals surface area contributed by atoms with Crippen molar-refractivity contribution in [1.82, 2.24) is 4.98 Å². The van der Waals surface area contributed by atoms with Crippen molar-refractivity contribution in [3.63, 3.8) is 0 Å². The van der Waals surface area contributed by atoms with E-state index in [2.05, 4.69) is 20.9 Å². The van der Waals surface area contributed by atoms with Crippen LogP contribution in [0.3, 0.4) is 0 Å². The molecule has 1 heterocycles. The van der Waals surface area contributed by atoms with E-state index in [1.165, 1.54) is 6.20 Å². The number of alkyl halides is 4. The van der Waals surface area contributed by atoms with Crippen LogP contribution in [-0.4, -0.2) is 30.1 Å². The largest absolute Gasteiger partial charge is 0.405 e. The molecule has 0 unspecified atom stereocenters. The first-order valence-electron chi connectivity index (χ1n) is 4.83. The van der Waals surface area contributed by atoms with Gasteiger partial charge in [0, 0.05) is 23.1 Å². The minimum absolute atomic E-state index is 0.108. The highest BCUT2D eigenvalue weighted by Crippen LogP contribution is 2.24. The van der Waals surface area contributed by atoms with Crippen LogP contribution >= 0.6 is 27.5 Å². The highest BCUT2D eigenvalue weighted by Gasteiger charge is 2.31. The van der Waals surface area contributed by atoms with Crippen LogP contribution in [0.15, 0.2) is 16.7 Å². The lowest BCUT2D eigenvalue weighted by molar-refractivity contribution is -0.119. The molecular weight excluding hydrogens is 320 g/mol. The minimum Gasteiger partial charge on any atom is -0.346 e. The summed E-state index contributed by atoms with van der Waals surface area (Å²) in [6.45, 7) is 0.774. The van der Waals surface area contributed by atoms with Gasteiger partial charge in [0.05, 0.1) is 0 Å². The summed E-state index contributed by atoms with van der Waals surface area (Å²) < 4.78 is 37.9. The van der Waals surface area contributed by atoms with Gasteiger partial charge in [-0.25, -0.2) is 4.98 Å². The molecule has 0 fully saturated rings. The number of anilines is 1. The molecule has 0 bridgehead atoms. The number of hydrogen-bond donors (Lipinski definition) is 0. The average Bonchev–Trinajstić information content (AvgIpc) is 2.14. The fourth-order valence-electron chi connectivity index (χ4n) is 1.44. The van der Waals surface area contributed by atoms with Gasteiger partial charge < -0.3 is 4.90 Å². The van der Waals surface area contributed by atoms with E-state index >= 15 is 0 Å². The fraction of sp³-hybridized carbons (Fsp3) is 0.500. The van der Waals surface area contributed by atoms with Crippen molar-refractivity contribution >= 4 is 33.3 Å². The van der Waals surface area contributed by atoms with Crippen LogP contribution in [0, 0.1) is 6.92 Å². The van der Waals surface area contributed by atoms with Gasteiger partial charge in [-0.05, 0) is 34.5 Å². The third-order valence-electron chi connectivity index (χ3n) is 2.04. The molecule has 0 atom stereocenters. The quantitative estimate of drug-likeness (QED) is 0.781. The van der Waals surface area contributed by atoms with Gasteiger partial charge in [0.2, 0.25) is 0 Å². The number of aryl methyl sites for hydroxylation is 1. The van der Waals surface area contributed by atoms with E-state index in [1.54, 1.807) is 13.0 Å². The maximum atomic E-state index is 12.4. The van der Waals surface area contributed by atoms with Crippen LogP contribution in [0.2, 0.25) is 0 Å². The standard InChI is InChI=1S/C10H11BrClF3N2/c1-7-4-8(11)5-16-9(7)17(3-2-12)6-10(13,14)15/h4-5H,2-3,6H2,1H3. The molecule has 0 radical (unpaired) electrons. The number of hydrogen-bond acceptors (Lipinski definition) is 2. The zero-order chi connectivity index (χ0) is 13.1. The predicted molar refractivity (Wildman–Crippen MR) is 65.7 cm³/mol. The Morgan fingerprint density at radius 1 is 1.47 bits per heavy atom. The van der Waals surface area contributed by atoms with Gasteiger partial charge in [0.15, 0.2) is 0 Å².